The second kappa shape index (κ2) is 32.7. The number of carbonyl (C=O) groups excluding carboxylic acids is 1. The number of carbonyl (C=O) groups is 1. The summed E-state index contributed by atoms with van der Waals surface area (Å²) in [7, 11) is 0. The van der Waals surface area contributed by atoms with Gasteiger partial charge < -0.3 is 64.2 Å². The molecule has 2 heterocycles. The summed E-state index contributed by atoms with van der Waals surface area (Å²) in [5.74, 6) is -0.374. The van der Waals surface area contributed by atoms with Crippen molar-refractivity contribution in [3.05, 3.63) is 0 Å². The molecule has 2 aliphatic heterocycles. The zero-order chi connectivity index (χ0) is 41.7. The van der Waals surface area contributed by atoms with Crippen molar-refractivity contribution in [2.24, 2.45) is 0 Å². The summed E-state index contributed by atoms with van der Waals surface area (Å²) in [6.45, 7) is 3.68. The van der Waals surface area contributed by atoms with Gasteiger partial charge in [-0.1, -0.05) is 149 Å². The van der Waals surface area contributed by atoms with Crippen molar-refractivity contribution in [1.29, 1.82) is 0 Å². The molecule has 2 rings (SSSR count). The standard InChI is InChI=1S/C43H82O14/c1-3-5-7-9-11-13-15-16-17-18-20-22-24-26-35(45)55-32(29-52-27-25-23-21-19-14-12-10-8-6-4-2)30-53-42-41(51)39(49)37(47)34(57-42)31-54-43-40(50)38(48)36(46)33(28-44)56-43/h32-34,36-44,46-51H,3-31H2,1-2H3. The normalized spacial score (nSPS) is 28.4. The van der Waals surface area contributed by atoms with Crippen LogP contribution in [0.3, 0.4) is 0 Å². The fraction of sp³-hybridized carbons (Fsp3) is 0.977. The maximum Gasteiger partial charge on any atom is 0.306 e. The van der Waals surface area contributed by atoms with Crippen LogP contribution in [0.5, 0.6) is 0 Å². The van der Waals surface area contributed by atoms with Gasteiger partial charge in [-0.3, -0.25) is 4.79 Å². The van der Waals surface area contributed by atoms with Crippen LogP contribution in [0.1, 0.15) is 168 Å². The Kier molecular flexibility index (Phi) is 29.9. The first kappa shape index (κ1) is 52.1. The second-order valence-corrected chi connectivity index (χ2v) is 16.2. The molecule has 57 heavy (non-hydrogen) atoms. The molecule has 0 radical (unpaired) electrons. The molecule has 0 aliphatic carbocycles. The van der Waals surface area contributed by atoms with Gasteiger partial charge in [-0.25, -0.2) is 0 Å². The monoisotopic (exact) mass is 823 g/mol. The van der Waals surface area contributed by atoms with Crippen LogP contribution in [0.25, 0.3) is 0 Å². The zero-order valence-electron chi connectivity index (χ0n) is 35.3. The van der Waals surface area contributed by atoms with E-state index in [1.807, 2.05) is 0 Å². The molecule has 0 spiro atoms. The van der Waals surface area contributed by atoms with Crippen LogP contribution in [-0.4, -0.2) is 142 Å². The molecular formula is C43H82O14. The lowest BCUT2D eigenvalue weighted by Crippen LogP contribution is -2.61. The van der Waals surface area contributed by atoms with Gasteiger partial charge in [-0.15, -0.1) is 0 Å². The molecule has 0 aromatic carbocycles. The van der Waals surface area contributed by atoms with Crippen molar-refractivity contribution in [1.82, 2.24) is 0 Å². The molecule has 0 amide bonds. The van der Waals surface area contributed by atoms with Gasteiger partial charge in [0, 0.05) is 13.0 Å². The molecule has 338 valence electrons. The Morgan fingerprint density at radius 3 is 1.42 bits per heavy atom. The first-order valence-corrected chi connectivity index (χ1v) is 22.6. The zero-order valence-corrected chi connectivity index (χ0v) is 35.3. The van der Waals surface area contributed by atoms with Crippen LogP contribution in [0.15, 0.2) is 0 Å². The van der Waals surface area contributed by atoms with Crippen LogP contribution in [-0.2, 0) is 33.2 Å². The van der Waals surface area contributed by atoms with Crippen molar-refractivity contribution in [2.45, 2.75) is 235 Å². The van der Waals surface area contributed by atoms with Gasteiger partial charge in [0.1, 0.15) is 54.9 Å². The minimum Gasteiger partial charge on any atom is -0.457 e. The molecule has 2 aliphatic rings. The van der Waals surface area contributed by atoms with E-state index < -0.39 is 80.7 Å². The van der Waals surface area contributed by atoms with Crippen LogP contribution in [0.4, 0.5) is 0 Å². The molecular weight excluding hydrogens is 740 g/mol. The highest BCUT2D eigenvalue weighted by molar-refractivity contribution is 5.69. The van der Waals surface area contributed by atoms with E-state index in [0.717, 1.165) is 38.5 Å². The Morgan fingerprint density at radius 1 is 0.509 bits per heavy atom. The minimum atomic E-state index is -1.70. The maximum absolute atomic E-state index is 12.9. The number of rotatable bonds is 35. The third-order valence-electron chi connectivity index (χ3n) is 11.1. The van der Waals surface area contributed by atoms with Crippen molar-refractivity contribution in [3.8, 4) is 0 Å². The van der Waals surface area contributed by atoms with Crippen LogP contribution in [0, 0.1) is 0 Å². The van der Waals surface area contributed by atoms with Gasteiger partial charge in [0.25, 0.3) is 0 Å². The number of aliphatic hydroxyl groups is 7. The predicted octanol–water partition coefficient (Wildman–Crippen LogP) is 4.96. The number of hydrogen-bond acceptors (Lipinski definition) is 14. The highest BCUT2D eigenvalue weighted by atomic mass is 16.7. The summed E-state index contributed by atoms with van der Waals surface area (Å²) in [5.41, 5.74) is 0. The van der Waals surface area contributed by atoms with Gasteiger partial charge in [0.15, 0.2) is 12.6 Å². The third-order valence-corrected chi connectivity index (χ3v) is 11.1. The van der Waals surface area contributed by atoms with Crippen molar-refractivity contribution in [3.63, 3.8) is 0 Å². The first-order valence-electron chi connectivity index (χ1n) is 22.6. The number of hydrogen-bond donors (Lipinski definition) is 7. The Hall–Kier alpha value is -1.01. The van der Waals surface area contributed by atoms with Gasteiger partial charge in [0.2, 0.25) is 0 Å². The van der Waals surface area contributed by atoms with Crippen LogP contribution >= 0.6 is 0 Å². The fourth-order valence-corrected chi connectivity index (χ4v) is 7.34. The molecule has 2 saturated heterocycles. The van der Waals surface area contributed by atoms with Crippen LogP contribution in [0.2, 0.25) is 0 Å². The summed E-state index contributed by atoms with van der Waals surface area (Å²) in [5, 5.41) is 71.8. The molecule has 11 unspecified atom stereocenters. The van der Waals surface area contributed by atoms with E-state index in [4.69, 9.17) is 28.4 Å². The number of unbranched alkanes of at least 4 members (excludes halogenated alkanes) is 21. The molecule has 2 fully saturated rings. The van der Waals surface area contributed by atoms with Crippen molar-refractivity contribution >= 4 is 5.97 Å². The predicted molar refractivity (Wildman–Crippen MR) is 215 cm³/mol. The lowest BCUT2D eigenvalue weighted by Gasteiger charge is -2.42. The van der Waals surface area contributed by atoms with E-state index in [2.05, 4.69) is 13.8 Å². The maximum atomic E-state index is 12.9. The number of esters is 1. The first-order chi connectivity index (χ1) is 27.6. The van der Waals surface area contributed by atoms with Crippen molar-refractivity contribution < 1.29 is 69.0 Å². The van der Waals surface area contributed by atoms with Crippen molar-refractivity contribution in [2.75, 3.05) is 33.0 Å². The summed E-state index contributed by atoms with van der Waals surface area (Å²) < 4.78 is 34.1. The van der Waals surface area contributed by atoms with E-state index in [-0.39, 0.29) is 25.6 Å². The van der Waals surface area contributed by atoms with Gasteiger partial charge in [0.05, 0.1) is 26.4 Å². The molecule has 0 aromatic rings. The van der Waals surface area contributed by atoms with E-state index in [1.165, 1.54) is 103 Å². The average Bonchev–Trinajstić information content (AvgIpc) is 3.20. The summed E-state index contributed by atoms with van der Waals surface area (Å²) in [6, 6.07) is 0. The third kappa shape index (κ3) is 21.9. The Bertz CT molecular complexity index is 959. The highest BCUT2D eigenvalue weighted by Gasteiger charge is 2.47. The molecule has 14 heteroatoms. The van der Waals surface area contributed by atoms with Crippen LogP contribution < -0.4 is 0 Å². The van der Waals surface area contributed by atoms with Gasteiger partial charge >= 0.3 is 5.97 Å². The largest absolute Gasteiger partial charge is 0.457 e. The molecule has 7 N–H and O–H groups in total. The summed E-state index contributed by atoms with van der Waals surface area (Å²) in [4.78, 5) is 12.9. The van der Waals surface area contributed by atoms with E-state index in [0.29, 0.717) is 13.0 Å². The number of aliphatic hydroxyl groups excluding tert-OH is 7. The smallest absolute Gasteiger partial charge is 0.306 e. The van der Waals surface area contributed by atoms with E-state index in [9.17, 15) is 40.5 Å². The second-order valence-electron chi connectivity index (χ2n) is 16.2. The lowest BCUT2D eigenvalue weighted by molar-refractivity contribution is -0.332. The van der Waals surface area contributed by atoms with E-state index in [1.54, 1.807) is 0 Å². The number of ether oxygens (including phenoxy) is 6. The topological polar surface area (TPSA) is 214 Å². The van der Waals surface area contributed by atoms with E-state index >= 15 is 0 Å². The fourth-order valence-electron chi connectivity index (χ4n) is 7.34. The summed E-state index contributed by atoms with van der Waals surface area (Å²) in [6.07, 6.45) is 11.7. The lowest BCUT2D eigenvalue weighted by atomic mass is 9.98. The molecule has 0 saturated carbocycles. The highest BCUT2D eigenvalue weighted by Crippen LogP contribution is 2.26. The molecule has 11 atom stereocenters. The molecule has 14 nitrogen and oxygen atoms in total. The summed E-state index contributed by atoms with van der Waals surface area (Å²) >= 11 is 0. The van der Waals surface area contributed by atoms with Gasteiger partial charge in [-0.05, 0) is 12.8 Å². The minimum absolute atomic E-state index is 0.0689. The quantitative estimate of drug-likeness (QED) is 0.0333. The molecule has 0 aromatic heterocycles. The Labute approximate surface area is 342 Å². The van der Waals surface area contributed by atoms with Gasteiger partial charge in [-0.2, -0.15) is 0 Å². The Balaban J connectivity index is 1.82. The molecule has 0 bridgehead atoms. The SMILES string of the molecule is CCCCCCCCCCCCCCCC(=O)OC(COCCCCCCCCCCCC)COC1OC(COC2OC(CO)C(O)C(O)C2O)C(O)C(O)C1O. The Morgan fingerprint density at radius 2 is 0.930 bits per heavy atom. The average molecular weight is 823 g/mol.